The standard InChI is InChI=1S/C25H21FN2O3/c1-16(11-25(29)28-14-17-7-9-27-10-8-17)20-12-21-22(18-3-5-19(26)6-4-18)15-31-24(21)13-23(20)30-2/h3-13,15H,14H2,1-2H3,(H,28,29)/b16-11+. The van der Waals surface area contributed by atoms with Crippen molar-refractivity contribution in [2.75, 3.05) is 7.11 Å². The molecule has 0 saturated carbocycles. The van der Waals surface area contributed by atoms with E-state index in [9.17, 15) is 9.18 Å². The summed E-state index contributed by atoms with van der Waals surface area (Å²) in [5.74, 6) is 0.0982. The number of halogens is 1. The van der Waals surface area contributed by atoms with E-state index in [-0.39, 0.29) is 11.7 Å². The monoisotopic (exact) mass is 416 g/mol. The molecular formula is C25H21FN2O3. The number of allylic oxidation sites excluding steroid dienone is 1. The van der Waals surface area contributed by atoms with Crippen LogP contribution in [0.2, 0.25) is 0 Å². The van der Waals surface area contributed by atoms with Crippen LogP contribution in [0.15, 0.2) is 77.7 Å². The zero-order chi connectivity index (χ0) is 21.8. The average Bonchev–Trinajstić information content (AvgIpc) is 3.21. The normalized spacial score (nSPS) is 11.5. The van der Waals surface area contributed by atoms with Gasteiger partial charge in [0.15, 0.2) is 0 Å². The molecule has 2 aromatic carbocycles. The predicted octanol–water partition coefficient (Wildman–Crippen LogP) is 5.36. The maximum absolute atomic E-state index is 13.3. The number of aromatic nitrogens is 1. The molecule has 4 rings (SSSR count). The van der Waals surface area contributed by atoms with Gasteiger partial charge in [0, 0.05) is 47.6 Å². The fourth-order valence-corrected chi connectivity index (χ4v) is 3.40. The molecule has 0 bridgehead atoms. The van der Waals surface area contributed by atoms with Crippen LogP contribution in [0.3, 0.4) is 0 Å². The lowest BCUT2D eigenvalue weighted by Crippen LogP contribution is -2.20. The Hall–Kier alpha value is -3.93. The van der Waals surface area contributed by atoms with Crippen molar-refractivity contribution in [1.29, 1.82) is 0 Å². The summed E-state index contributed by atoms with van der Waals surface area (Å²) in [6.45, 7) is 2.27. The third-order valence-corrected chi connectivity index (χ3v) is 5.04. The quantitative estimate of drug-likeness (QED) is 0.430. The Labute approximate surface area is 179 Å². The highest BCUT2D eigenvalue weighted by atomic mass is 19.1. The Morgan fingerprint density at radius 1 is 1.16 bits per heavy atom. The summed E-state index contributed by atoms with van der Waals surface area (Å²) in [7, 11) is 1.57. The molecule has 0 radical (unpaired) electrons. The number of nitrogens with one attached hydrogen (secondary N) is 1. The minimum Gasteiger partial charge on any atom is -0.496 e. The molecule has 0 saturated heterocycles. The van der Waals surface area contributed by atoms with Crippen molar-refractivity contribution < 1.29 is 18.3 Å². The molecule has 2 aromatic heterocycles. The van der Waals surface area contributed by atoms with Crippen LogP contribution in [0.25, 0.3) is 27.7 Å². The molecule has 4 aromatic rings. The number of ether oxygens (including phenoxy) is 1. The Bertz CT molecular complexity index is 1250. The second-order valence-electron chi connectivity index (χ2n) is 7.11. The van der Waals surface area contributed by atoms with Gasteiger partial charge < -0.3 is 14.5 Å². The molecule has 1 amide bonds. The summed E-state index contributed by atoms with van der Waals surface area (Å²) in [4.78, 5) is 16.4. The molecule has 0 fully saturated rings. The highest BCUT2D eigenvalue weighted by Crippen LogP contribution is 2.37. The topological polar surface area (TPSA) is 64.4 Å². The average molecular weight is 416 g/mol. The Kier molecular flexibility index (Phi) is 5.80. The maximum atomic E-state index is 13.3. The van der Waals surface area contributed by atoms with Crippen LogP contribution in [0.4, 0.5) is 4.39 Å². The zero-order valence-corrected chi connectivity index (χ0v) is 17.2. The maximum Gasteiger partial charge on any atom is 0.244 e. The highest BCUT2D eigenvalue weighted by molar-refractivity contribution is 6.00. The van der Waals surface area contributed by atoms with Gasteiger partial charge in [-0.3, -0.25) is 9.78 Å². The van der Waals surface area contributed by atoms with Gasteiger partial charge in [-0.05, 0) is 54.0 Å². The van der Waals surface area contributed by atoms with E-state index in [1.54, 1.807) is 50.0 Å². The number of furan rings is 1. The van der Waals surface area contributed by atoms with E-state index in [0.29, 0.717) is 17.9 Å². The van der Waals surface area contributed by atoms with E-state index in [4.69, 9.17) is 9.15 Å². The lowest BCUT2D eigenvalue weighted by atomic mass is 9.99. The minimum atomic E-state index is -0.296. The summed E-state index contributed by atoms with van der Waals surface area (Å²) in [6, 6.07) is 13.7. The van der Waals surface area contributed by atoms with Crippen LogP contribution in [0, 0.1) is 5.82 Å². The number of methoxy groups -OCH3 is 1. The van der Waals surface area contributed by atoms with Crippen molar-refractivity contribution >= 4 is 22.4 Å². The van der Waals surface area contributed by atoms with Gasteiger partial charge in [-0.15, -0.1) is 0 Å². The molecule has 0 unspecified atom stereocenters. The number of benzene rings is 2. The fraction of sp³-hybridized carbons (Fsp3) is 0.120. The third kappa shape index (κ3) is 4.48. The van der Waals surface area contributed by atoms with Gasteiger partial charge in [-0.2, -0.15) is 0 Å². The number of hydrogen-bond donors (Lipinski definition) is 1. The highest BCUT2D eigenvalue weighted by Gasteiger charge is 2.15. The predicted molar refractivity (Wildman–Crippen MR) is 118 cm³/mol. The third-order valence-electron chi connectivity index (χ3n) is 5.04. The molecule has 5 nitrogen and oxygen atoms in total. The first-order valence-electron chi connectivity index (χ1n) is 9.75. The molecule has 0 aliphatic heterocycles. The molecule has 0 aliphatic carbocycles. The van der Waals surface area contributed by atoms with Gasteiger partial charge in [0.1, 0.15) is 17.1 Å². The smallest absolute Gasteiger partial charge is 0.244 e. The number of amides is 1. The molecule has 0 atom stereocenters. The van der Waals surface area contributed by atoms with E-state index in [0.717, 1.165) is 33.2 Å². The molecule has 156 valence electrons. The van der Waals surface area contributed by atoms with Crippen molar-refractivity contribution in [3.63, 3.8) is 0 Å². The van der Waals surface area contributed by atoms with Crippen molar-refractivity contribution in [2.45, 2.75) is 13.5 Å². The molecule has 1 N–H and O–H groups in total. The van der Waals surface area contributed by atoms with Crippen LogP contribution < -0.4 is 10.1 Å². The Morgan fingerprint density at radius 2 is 1.90 bits per heavy atom. The second kappa shape index (κ2) is 8.83. The van der Waals surface area contributed by atoms with Gasteiger partial charge in [-0.1, -0.05) is 12.1 Å². The molecule has 0 aliphatic rings. The number of nitrogens with zero attached hydrogens (tertiary/aromatic N) is 1. The number of carbonyl (C=O) groups is 1. The summed E-state index contributed by atoms with van der Waals surface area (Å²) < 4.78 is 24.5. The van der Waals surface area contributed by atoms with E-state index >= 15 is 0 Å². The van der Waals surface area contributed by atoms with Crippen LogP contribution in [0.1, 0.15) is 18.1 Å². The Morgan fingerprint density at radius 3 is 2.61 bits per heavy atom. The summed E-state index contributed by atoms with van der Waals surface area (Å²) in [5, 5.41) is 3.73. The van der Waals surface area contributed by atoms with E-state index < -0.39 is 0 Å². The largest absolute Gasteiger partial charge is 0.496 e. The molecule has 31 heavy (non-hydrogen) atoms. The van der Waals surface area contributed by atoms with Crippen LogP contribution in [0.5, 0.6) is 5.75 Å². The second-order valence-corrected chi connectivity index (χ2v) is 7.11. The van der Waals surface area contributed by atoms with Gasteiger partial charge in [0.25, 0.3) is 0 Å². The number of pyridine rings is 1. The summed E-state index contributed by atoms with van der Waals surface area (Å²) >= 11 is 0. The number of hydrogen-bond acceptors (Lipinski definition) is 4. The Balaban J connectivity index is 1.65. The van der Waals surface area contributed by atoms with Gasteiger partial charge in [0.05, 0.1) is 13.4 Å². The van der Waals surface area contributed by atoms with Crippen LogP contribution in [-0.4, -0.2) is 18.0 Å². The van der Waals surface area contributed by atoms with Crippen molar-refractivity contribution in [3.8, 4) is 16.9 Å². The van der Waals surface area contributed by atoms with Crippen molar-refractivity contribution in [1.82, 2.24) is 10.3 Å². The van der Waals surface area contributed by atoms with E-state index in [2.05, 4.69) is 10.3 Å². The van der Waals surface area contributed by atoms with Crippen LogP contribution >= 0.6 is 0 Å². The van der Waals surface area contributed by atoms with E-state index in [1.807, 2.05) is 25.1 Å². The molecule has 0 spiro atoms. The van der Waals surface area contributed by atoms with E-state index in [1.165, 1.54) is 12.1 Å². The number of rotatable bonds is 6. The lowest BCUT2D eigenvalue weighted by molar-refractivity contribution is -0.116. The van der Waals surface area contributed by atoms with Gasteiger partial charge >= 0.3 is 0 Å². The minimum absolute atomic E-state index is 0.206. The fourth-order valence-electron chi connectivity index (χ4n) is 3.40. The number of fused-ring (bicyclic) bond motifs is 1. The first-order chi connectivity index (χ1) is 15.0. The summed E-state index contributed by atoms with van der Waals surface area (Å²) in [6.07, 6.45) is 6.56. The van der Waals surface area contributed by atoms with Gasteiger partial charge in [-0.25, -0.2) is 4.39 Å². The van der Waals surface area contributed by atoms with Crippen molar-refractivity contribution in [2.24, 2.45) is 0 Å². The molecule has 2 heterocycles. The first kappa shape index (κ1) is 20.3. The number of carbonyl (C=O) groups excluding carboxylic acids is 1. The van der Waals surface area contributed by atoms with Crippen LogP contribution in [-0.2, 0) is 11.3 Å². The molecular weight excluding hydrogens is 395 g/mol. The molecule has 6 heteroatoms. The summed E-state index contributed by atoms with van der Waals surface area (Å²) in [5.41, 5.74) is 4.82. The van der Waals surface area contributed by atoms with Gasteiger partial charge in [0.2, 0.25) is 5.91 Å². The van der Waals surface area contributed by atoms with Crippen molar-refractivity contribution in [3.05, 3.63) is 90.2 Å². The first-order valence-corrected chi connectivity index (χ1v) is 9.75. The zero-order valence-electron chi connectivity index (χ0n) is 17.2. The SMILES string of the molecule is COc1cc2occ(-c3ccc(F)cc3)c2cc1/C(C)=C/C(=O)NCc1ccncc1. The lowest BCUT2D eigenvalue weighted by Gasteiger charge is -2.10.